The van der Waals surface area contributed by atoms with Crippen molar-refractivity contribution in [3.05, 3.63) is 86.5 Å². The monoisotopic (exact) mass is 526 g/mol. The van der Waals surface area contributed by atoms with Gasteiger partial charge in [0.05, 0.1) is 24.4 Å². The van der Waals surface area contributed by atoms with E-state index in [2.05, 4.69) is 17.1 Å². The Labute approximate surface area is 219 Å². The van der Waals surface area contributed by atoms with Crippen molar-refractivity contribution in [3.63, 3.8) is 0 Å². The number of rotatable bonds is 7. The van der Waals surface area contributed by atoms with Crippen molar-refractivity contribution in [2.45, 2.75) is 36.8 Å². The molecule has 0 bridgehead atoms. The van der Waals surface area contributed by atoms with Crippen molar-refractivity contribution in [2.75, 3.05) is 19.8 Å². The van der Waals surface area contributed by atoms with Gasteiger partial charge in [-0.15, -0.1) is 11.6 Å². The first-order valence-electron chi connectivity index (χ1n) is 12.1. The lowest BCUT2D eigenvalue weighted by atomic mass is 9.91. The van der Waals surface area contributed by atoms with E-state index in [9.17, 15) is 9.90 Å². The fourth-order valence-corrected chi connectivity index (χ4v) is 5.27. The molecule has 36 heavy (non-hydrogen) atoms. The average Bonchev–Trinajstić information content (AvgIpc) is 3.26. The van der Waals surface area contributed by atoms with Gasteiger partial charge < -0.3 is 24.8 Å². The maximum Gasteiger partial charge on any atom is 0.227 e. The van der Waals surface area contributed by atoms with Crippen LogP contribution in [0.1, 0.15) is 34.8 Å². The molecule has 2 aliphatic rings. The number of nitrogens with one attached hydrogen (secondary N) is 1. The number of fused-ring (bicyclic) bond motifs is 3. The maximum atomic E-state index is 13.6. The number of nitrogens with zero attached hydrogens (tertiary/aromatic N) is 1. The van der Waals surface area contributed by atoms with Crippen molar-refractivity contribution < 1.29 is 19.7 Å². The molecule has 0 saturated carbocycles. The fraction of sp³-hybridized carbons (Fsp3) is 0.321. The molecule has 0 fully saturated rings. The highest BCUT2D eigenvalue weighted by Crippen LogP contribution is 2.34. The number of aliphatic hydroxyl groups is 2. The summed E-state index contributed by atoms with van der Waals surface area (Å²) in [5, 5.41) is 21.4. The number of alkyl halides is 1. The van der Waals surface area contributed by atoms with Gasteiger partial charge in [0.25, 0.3) is 0 Å². The number of amides is 1. The third-order valence-electron chi connectivity index (χ3n) is 6.73. The number of hydrogen-bond acceptors (Lipinski definition) is 4. The minimum atomic E-state index is -0.935. The average molecular weight is 527 g/mol. The molecule has 1 aromatic heterocycles. The summed E-state index contributed by atoms with van der Waals surface area (Å²) in [5.41, 5.74) is 4.09. The normalized spacial score (nSPS) is 19.5. The highest BCUT2D eigenvalue weighted by Gasteiger charge is 2.34. The Hall–Kier alpha value is -2.77. The largest absolute Gasteiger partial charge is 0.491 e. The van der Waals surface area contributed by atoms with Crippen LogP contribution in [0.15, 0.2) is 48.5 Å². The highest BCUT2D eigenvalue weighted by molar-refractivity contribution is 6.30. The Bertz CT molecular complexity index is 1350. The molecule has 0 saturated heterocycles. The SMILES string of the molecule is O=C(Cc1ccc(Cl)cc1)N1CCc2c([nH]c3c2=CC(Cl)CC=3)[C@@H]1c1ccc(OC[C@H](O)CO)cc1. The third kappa shape index (κ3) is 5.18. The number of carbonyl (C=O) groups excluding carboxylic acids is 1. The smallest absolute Gasteiger partial charge is 0.227 e. The summed E-state index contributed by atoms with van der Waals surface area (Å²) in [7, 11) is 0. The number of ether oxygens (including phenoxy) is 1. The van der Waals surface area contributed by atoms with Crippen LogP contribution in [0, 0.1) is 0 Å². The molecule has 6 nitrogen and oxygen atoms in total. The van der Waals surface area contributed by atoms with Gasteiger partial charge in [-0.3, -0.25) is 4.79 Å². The van der Waals surface area contributed by atoms with Crippen LogP contribution in [0.5, 0.6) is 5.75 Å². The molecular weight excluding hydrogens is 499 g/mol. The first-order valence-corrected chi connectivity index (χ1v) is 12.9. The van der Waals surface area contributed by atoms with Gasteiger partial charge >= 0.3 is 0 Å². The van der Waals surface area contributed by atoms with E-state index in [0.29, 0.717) is 17.3 Å². The van der Waals surface area contributed by atoms with Crippen molar-refractivity contribution >= 4 is 41.3 Å². The molecule has 0 spiro atoms. The summed E-state index contributed by atoms with van der Waals surface area (Å²) in [6.07, 6.45) is 5.10. The lowest BCUT2D eigenvalue weighted by Crippen LogP contribution is -2.42. The summed E-state index contributed by atoms with van der Waals surface area (Å²) in [6.45, 7) is 0.238. The summed E-state index contributed by atoms with van der Waals surface area (Å²) >= 11 is 12.5. The van der Waals surface area contributed by atoms with Gasteiger partial charge in [-0.1, -0.05) is 48.0 Å². The van der Waals surface area contributed by atoms with E-state index in [0.717, 1.165) is 40.2 Å². The molecule has 1 aliphatic carbocycles. The molecule has 3 aromatic rings. The van der Waals surface area contributed by atoms with Crippen molar-refractivity contribution in [1.82, 2.24) is 9.88 Å². The molecule has 0 radical (unpaired) electrons. The van der Waals surface area contributed by atoms with E-state index >= 15 is 0 Å². The van der Waals surface area contributed by atoms with Crippen LogP contribution >= 0.6 is 23.2 Å². The molecule has 1 amide bonds. The second kappa shape index (κ2) is 10.7. The van der Waals surface area contributed by atoms with Crippen LogP contribution in [-0.2, 0) is 17.6 Å². The molecule has 2 aromatic carbocycles. The summed E-state index contributed by atoms with van der Waals surface area (Å²) < 4.78 is 5.58. The summed E-state index contributed by atoms with van der Waals surface area (Å²) in [4.78, 5) is 19.1. The van der Waals surface area contributed by atoms with Gasteiger partial charge in [0, 0.05) is 27.8 Å². The number of benzene rings is 2. The minimum Gasteiger partial charge on any atom is -0.491 e. The highest BCUT2D eigenvalue weighted by atomic mass is 35.5. The first kappa shape index (κ1) is 24.9. The molecule has 5 rings (SSSR count). The number of aliphatic hydroxyl groups excluding tert-OH is 2. The van der Waals surface area contributed by atoms with E-state index in [4.69, 9.17) is 33.0 Å². The summed E-state index contributed by atoms with van der Waals surface area (Å²) in [6, 6.07) is 14.6. The Morgan fingerprint density at radius 3 is 2.64 bits per heavy atom. The Balaban J connectivity index is 1.49. The first-order chi connectivity index (χ1) is 17.4. The summed E-state index contributed by atoms with van der Waals surface area (Å²) in [5.74, 6) is 0.619. The molecule has 8 heteroatoms. The molecule has 1 aliphatic heterocycles. The fourth-order valence-electron chi connectivity index (χ4n) is 4.93. The van der Waals surface area contributed by atoms with E-state index < -0.39 is 6.10 Å². The predicted octanol–water partition coefficient (Wildman–Crippen LogP) is 2.69. The quantitative estimate of drug-likeness (QED) is 0.413. The minimum absolute atomic E-state index is 0.00371. The van der Waals surface area contributed by atoms with Crippen LogP contribution in [0.4, 0.5) is 0 Å². The zero-order valence-electron chi connectivity index (χ0n) is 19.7. The van der Waals surface area contributed by atoms with Crippen LogP contribution in [0.3, 0.4) is 0 Å². The zero-order chi connectivity index (χ0) is 25.2. The van der Waals surface area contributed by atoms with Crippen LogP contribution in [-0.4, -0.2) is 57.2 Å². The van der Waals surface area contributed by atoms with Crippen LogP contribution < -0.4 is 15.3 Å². The number of hydrogen-bond donors (Lipinski definition) is 3. The van der Waals surface area contributed by atoms with Crippen LogP contribution in [0.25, 0.3) is 12.2 Å². The van der Waals surface area contributed by atoms with Crippen molar-refractivity contribution in [3.8, 4) is 5.75 Å². The standard InChI is InChI=1S/C28H28Cl2N2O4/c29-19-5-1-17(2-6-19)13-26(35)32-12-11-23-24-14-20(30)7-10-25(24)31-27(23)28(32)18-3-8-22(9-4-18)36-16-21(34)15-33/h1-6,8-10,14,20-21,28,31,33-34H,7,11-13,15-16H2/t20?,21-,28+/m1/s1. The molecule has 2 heterocycles. The molecule has 3 N–H and O–H groups in total. The van der Waals surface area contributed by atoms with Gasteiger partial charge in [-0.2, -0.15) is 0 Å². The third-order valence-corrected chi connectivity index (χ3v) is 7.29. The lowest BCUT2D eigenvalue weighted by molar-refractivity contribution is -0.132. The maximum absolute atomic E-state index is 13.6. The predicted molar refractivity (Wildman–Crippen MR) is 141 cm³/mol. The van der Waals surface area contributed by atoms with Gasteiger partial charge in [0.15, 0.2) is 0 Å². The second-order valence-electron chi connectivity index (χ2n) is 9.23. The van der Waals surface area contributed by atoms with Crippen molar-refractivity contribution in [2.24, 2.45) is 0 Å². The number of halogens is 2. The van der Waals surface area contributed by atoms with Gasteiger partial charge in [-0.05, 0) is 53.8 Å². The Morgan fingerprint density at radius 2 is 1.92 bits per heavy atom. The molecular formula is C28H28Cl2N2O4. The van der Waals surface area contributed by atoms with E-state index in [-0.39, 0.29) is 37.0 Å². The molecule has 188 valence electrons. The lowest BCUT2D eigenvalue weighted by Gasteiger charge is -2.36. The number of carbonyl (C=O) groups is 1. The number of H-pyrrole nitrogens is 1. The molecule has 3 atom stereocenters. The van der Waals surface area contributed by atoms with Crippen LogP contribution in [0.2, 0.25) is 5.02 Å². The Morgan fingerprint density at radius 1 is 1.17 bits per heavy atom. The zero-order valence-corrected chi connectivity index (χ0v) is 21.2. The van der Waals surface area contributed by atoms with Gasteiger partial charge in [-0.25, -0.2) is 0 Å². The number of aromatic amines is 1. The van der Waals surface area contributed by atoms with Gasteiger partial charge in [0.1, 0.15) is 18.5 Å². The van der Waals surface area contributed by atoms with E-state index in [1.165, 1.54) is 5.56 Å². The van der Waals surface area contributed by atoms with E-state index in [1.54, 1.807) is 12.1 Å². The molecule has 1 unspecified atom stereocenters. The van der Waals surface area contributed by atoms with Gasteiger partial charge in [0.2, 0.25) is 5.91 Å². The second-order valence-corrected chi connectivity index (χ2v) is 10.2. The van der Waals surface area contributed by atoms with Crippen molar-refractivity contribution in [1.29, 1.82) is 0 Å². The topological polar surface area (TPSA) is 85.8 Å². The van der Waals surface area contributed by atoms with E-state index in [1.807, 2.05) is 41.3 Å². The Kier molecular flexibility index (Phi) is 7.39. The number of aromatic nitrogens is 1.